The summed E-state index contributed by atoms with van der Waals surface area (Å²) in [6.07, 6.45) is 5.26. The summed E-state index contributed by atoms with van der Waals surface area (Å²) in [5, 5.41) is 11.0. The Balaban J connectivity index is 2.30. The van der Waals surface area contributed by atoms with Crippen LogP contribution in [0.4, 0.5) is 0 Å². The number of aliphatic hydroxyl groups is 1. The molecular formula is C15H21ClO3. The molecule has 0 spiro atoms. The summed E-state index contributed by atoms with van der Waals surface area (Å²) in [4.78, 5) is 0. The Morgan fingerprint density at radius 1 is 1.16 bits per heavy atom. The second-order valence-corrected chi connectivity index (χ2v) is 5.43. The highest BCUT2D eigenvalue weighted by Gasteiger charge is 2.27. The lowest BCUT2D eigenvalue weighted by molar-refractivity contribution is 0.0824. The lowest BCUT2D eigenvalue weighted by atomic mass is 9.82. The van der Waals surface area contributed by atoms with Crippen molar-refractivity contribution in [3.05, 3.63) is 22.7 Å². The van der Waals surface area contributed by atoms with E-state index in [9.17, 15) is 5.11 Å². The SMILES string of the molecule is COc1ccc(C(O)C2CCCCC2)c(OC)c1Cl. The topological polar surface area (TPSA) is 38.7 Å². The molecular weight excluding hydrogens is 264 g/mol. The zero-order valence-corrected chi connectivity index (χ0v) is 12.2. The molecule has 1 saturated carbocycles. The average Bonchev–Trinajstić information content (AvgIpc) is 2.47. The van der Waals surface area contributed by atoms with Crippen LogP contribution in [0.2, 0.25) is 5.02 Å². The Labute approximate surface area is 119 Å². The minimum absolute atomic E-state index is 0.298. The quantitative estimate of drug-likeness (QED) is 0.909. The van der Waals surface area contributed by atoms with Crippen LogP contribution in [0.3, 0.4) is 0 Å². The predicted octanol–water partition coefficient (Wildman–Crippen LogP) is 3.97. The second-order valence-electron chi connectivity index (χ2n) is 5.05. The molecule has 1 unspecified atom stereocenters. The predicted molar refractivity (Wildman–Crippen MR) is 76.1 cm³/mol. The van der Waals surface area contributed by atoms with Crippen molar-refractivity contribution in [1.82, 2.24) is 0 Å². The van der Waals surface area contributed by atoms with Crippen LogP contribution in [0.5, 0.6) is 11.5 Å². The van der Waals surface area contributed by atoms with E-state index >= 15 is 0 Å². The van der Waals surface area contributed by atoms with Crippen LogP contribution < -0.4 is 9.47 Å². The van der Waals surface area contributed by atoms with Crippen LogP contribution in [-0.2, 0) is 0 Å². The van der Waals surface area contributed by atoms with E-state index in [4.69, 9.17) is 21.1 Å². The van der Waals surface area contributed by atoms with Gasteiger partial charge in [-0.05, 0) is 30.9 Å². The Morgan fingerprint density at radius 2 is 1.84 bits per heavy atom. The molecule has 19 heavy (non-hydrogen) atoms. The number of benzene rings is 1. The third-order valence-electron chi connectivity index (χ3n) is 3.93. The first kappa shape index (κ1) is 14.5. The van der Waals surface area contributed by atoms with Gasteiger partial charge in [0, 0.05) is 5.56 Å². The van der Waals surface area contributed by atoms with Crippen molar-refractivity contribution in [3.63, 3.8) is 0 Å². The van der Waals surface area contributed by atoms with Gasteiger partial charge in [-0.2, -0.15) is 0 Å². The van der Waals surface area contributed by atoms with E-state index in [0.29, 0.717) is 22.4 Å². The summed E-state index contributed by atoms with van der Waals surface area (Å²) in [5.41, 5.74) is 0.764. The van der Waals surface area contributed by atoms with Crippen molar-refractivity contribution in [2.75, 3.05) is 14.2 Å². The summed E-state index contributed by atoms with van der Waals surface area (Å²) in [6.45, 7) is 0. The fraction of sp³-hybridized carbons (Fsp3) is 0.600. The normalized spacial score (nSPS) is 18.1. The van der Waals surface area contributed by atoms with E-state index in [1.165, 1.54) is 19.3 Å². The first-order valence-corrected chi connectivity index (χ1v) is 7.15. The van der Waals surface area contributed by atoms with Gasteiger partial charge in [0.15, 0.2) is 0 Å². The van der Waals surface area contributed by atoms with Crippen LogP contribution >= 0.6 is 11.6 Å². The maximum Gasteiger partial charge on any atom is 0.147 e. The molecule has 1 aliphatic carbocycles. The Morgan fingerprint density at radius 3 is 2.42 bits per heavy atom. The summed E-state index contributed by atoms with van der Waals surface area (Å²) < 4.78 is 10.5. The standard InChI is InChI=1S/C15H21ClO3/c1-18-12-9-8-11(15(19-2)13(12)16)14(17)10-6-4-3-5-7-10/h8-10,14,17H,3-7H2,1-2H3. The van der Waals surface area contributed by atoms with Crippen molar-refractivity contribution in [2.45, 2.75) is 38.2 Å². The molecule has 1 N–H and O–H groups in total. The van der Waals surface area contributed by atoms with Crippen LogP contribution in [0.1, 0.15) is 43.8 Å². The van der Waals surface area contributed by atoms with E-state index < -0.39 is 6.10 Å². The monoisotopic (exact) mass is 284 g/mol. The number of aliphatic hydroxyl groups excluding tert-OH is 1. The van der Waals surface area contributed by atoms with Crippen LogP contribution in [0, 0.1) is 5.92 Å². The molecule has 1 aromatic carbocycles. The summed E-state index contributed by atoms with van der Waals surface area (Å²) >= 11 is 6.24. The lowest BCUT2D eigenvalue weighted by Crippen LogP contribution is -2.16. The van der Waals surface area contributed by atoms with Crippen molar-refractivity contribution < 1.29 is 14.6 Å². The molecule has 0 amide bonds. The Bertz CT molecular complexity index is 428. The van der Waals surface area contributed by atoms with Gasteiger partial charge in [-0.15, -0.1) is 0 Å². The summed E-state index contributed by atoms with van der Waals surface area (Å²) in [5.74, 6) is 1.39. The maximum absolute atomic E-state index is 10.6. The molecule has 1 aromatic rings. The van der Waals surface area contributed by atoms with Gasteiger partial charge in [0.25, 0.3) is 0 Å². The lowest BCUT2D eigenvalue weighted by Gasteiger charge is -2.28. The fourth-order valence-corrected chi connectivity index (χ4v) is 3.18. The average molecular weight is 285 g/mol. The molecule has 0 aromatic heterocycles. The summed E-state index contributed by atoms with van der Waals surface area (Å²) in [6, 6.07) is 3.63. The molecule has 2 rings (SSSR count). The van der Waals surface area contributed by atoms with Crippen molar-refractivity contribution in [2.24, 2.45) is 5.92 Å². The third-order valence-corrected chi connectivity index (χ3v) is 4.29. The second kappa shape index (κ2) is 6.49. The van der Waals surface area contributed by atoms with Gasteiger partial charge in [-0.25, -0.2) is 0 Å². The van der Waals surface area contributed by atoms with E-state index in [0.717, 1.165) is 18.4 Å². The highest BCUT2D eigenvalue weighted by atomic mass is 35.5. The van der Waals surface area contributed by atoms with E-state index in [2.05, 4.69) is 0 Å². The first-order chi connectivity index (χ1) is 9.19. The van der Waals surface area contributed by atoms with Crippen molar-refractivity contribution in [3.8, 4) is 11.5 Å². The van der Waals surface area contributed by atoms with Gasteiger partial charge in [0.05, 0.1) is 20.3 Å². The molecule has 0 saturated heterocycles. The number of halogens is 1. The highest BCUT2D eigenvalue weighted by molar-refractivity contribution is 6.33. The van der Waals surface area contributed by atoms with Crippen LogP contribution in [-0.4, -0.2) is 19.3 Å². The number of hydrogen-bond donors (Lipinski definition) is 1. The first-order valence-electron chi connectivity index (χ1n) is 6.77. The minimum Gasteiger partial charge on any atom is -0.495 e. The van der Waals surface area contributed by atoms with Gasteiger partial charge in [-0.3, -0.25) is 0 Å². The number of hydrogen-bond acceptors (Lipinski definition) is 3. The molecule has 0 radical (unpaired) electrons. The smallest absolute Gasteiger partial charge is 0.147 e. The van der Waals surface area contributed by atoms with E-state index in [1.54, 1.807) is 20.3 Å². The number of rotatable bonds is 4. The van der Waals surface area contributed by atoms with Gasteiger partial charge >= 0.3 is 0 Å². The van der Waals surface area contributed by atoms with Gasteiger partial charge in [0.1, 0.15) is 16.5 Å². The van der Waals surface area contributed by atoms with Crippen molar-refractivity contribution >= 4 is 11.6 Å². The maximum atomic E-state index is 10.6. The minimum atomic E-state index is -0.515. The molecule has 0 heterocycles. The van der Waals surface area contributed by atoms with E-state index in [-0.39, 0.29) is 0 Å². The van der Waals surface area contributed by atoms with Crippen LogP contribution in [0.25, 0.3) is 0 Å². The largest absolute Gasteiger partial charge is 0.495 e. The molecule has 0 aliphatic heterocycles. The molecule has 106 valence electrons. The fourth-order valence-electron chi connectivity index (χ4n) is 2.85. The Kier molecular flexibility index (Phi) is 4.94. The number of ether oxygens (including phenoxy) is 2. The molecule has 1 aliphatic rings. The zero-order valence-electron chi connectivity index (χ0n) is 11.5. The molecule has 1 atom stereocenters. The molecule has 1 fully saturated rings. The van der Waals surface area contributed by atoms with E-state index in [1.807, 2.05) is 6.07 Å². The zero-order chi connectivity index (χ0) is 13.8. The highest BCUT2D eigenvalue weighted by Crippen LogP contribution is 2.43. The number of methoxy groups -OCH3 is 2. The van der Waals surface area contributed by atoms with Gasteiger partial charge in [0.2, 0.25) is 0 Å². The van der Waals surface area contributed by atoms with Gasteiger partial charge in [-0.1, -0.05) is 30.9 Å². The van der Waals surface area contributed by atoms with Crippen molar-refractivity contribution in [1.29, 1.82) is 0 Å². The molecule has 4 heteroatoms. The Hall–Kier alpha value is -0.930. The van der Waals surface area contributed by atoms with Crippen LogP contribution in [0.15, 0.2) is 12.1 Å². The molecule has 3 nitrogen and oxygen atoms in total. The van der Waals surface area contributed by atoms with Gasteiger partial charge < -0.3 is 14.6 Å². The summed E-state index contributed by atoms with van der Waals surface area (Å²) in [7, 11) is 3.13. The third kappa shape index (κ3) is 2.98. The molecule has 0 bridgehead atoms.